The number of hydrazone groups is 1. The van der Waals surface area contributed by atoms with Crippen molar-refractivity contribution in [2.45, 2.75) is 6.92 Å². The van der Waals surface area contributed by atoms with Gasteiger partial charge in [-0.15, -0.1) is 11.3 Å². The second kappa shape index (κ2) is 8.43. The molecule has 0 radical (unpaired) electrons. The third kappa shape index (κ3) is 3.90. The summed E-state index contributed by atoms with van der Waals surface area (Å²) in [6.07, 6.45) is 1.51. The molecule has 2 heterocycles. The zero-order valence-corrected chi connectivity index (χ0v) is 19.1. The number of rotatable bonds is 4. The molecule has 0 fully saturated rings. The van der Waals surface area contributed by atoms with Gasteiger partial charge in [-0.25, -0.2) is 9.37 Å². The van der Waals surface area contributed by atoms with Crippen LogP contribution in [0.15, 0.2) is 71.8 Å². The first kappa shape index (κ1) is 20.8. The summed E-state index contributed by atoms with van der Waals surface area (Å²) < 4.78 is 15.1. The second-order valence-corrected chi connectivity index (χ2v) is 9.56. The lowest BCUT2D eigenvalue weighted by Gasteiger charge is -2.13. The van der Waals surface area contributed by atoms with Crippen LogP contribution in [0.1, 0.15) is 20.8 Å². The Balaban J connectivity index is 1.61. The zero-order valence-electron chi connectivity index (χ0n) is 16.8. The highest BCUT2D eigenvalue weighted by atomic mass is 35.5. The van der Waals surface area contributed by atoms with E-state index < -0.39 is 0 Å². The second-order valence-electron chi connectivity index (χ2n) is 7.12. The van der Waals surface area contributed by atoms with Crippen molar-refractivity contribution in [2.24, 2.45) is 5.10 Å². The summed E-state index contributed by atoms with van der Waals surface area (Å²) in [5.41, 5.74) is 2.55. The van der Waals surface area contributed by atoms with Crippen LogP contribution in [0.3, 0.4) is 0 Å². The molecule has 0 saturated carbocycles. The number of halogens is 2. The van der Waals surface area contributed by atoms with E-state index in [1.807, 2.05) is 49.4 Å². The first-order valence-corrected chi connectivity index (χ1v) is 11.7. The molecule has 8 heteroatoms. The molecule has 0 spiro atoms. The van der Waals surface area contributed by atoms with Gasteiger partial charge in [0, 0.05) is 10.1 Å². The lowest BCUT2D eigenvalue weighted by Crippen LogP contribution is -2.25. The van der Waals surface area contributed by atoms with Gasteiger partial charge in [-0.1, -0.05) is 59.3 Å². The van der Waals surface area contributed by atoms with Crippen molar-refractivity contribution in [3.8, 4) is 0 Å². The minimum Gasteiger partial charge on any atom is -0.266 e. The number of carbonyl (C=O) groups is 1. The van der Waals surface area contributed by atoms with Crippen molar-refractivity contribution in [3.05, 3.63) is 93.6 Å². The van der Waals surface area contributed by atoms with Crippen LogP contribution >= 0.6 is 34.3 Å². The van der Waals surface area contributed by atoms with E-state index in [9.17, 15) is 9.18 Å². The molecule has 0 bridgehead atoms. The number of thiazole rings is 1. The lowest BCUT2D eigenvalue weighted by molar-refractivity contribution is 0.0992. The maximum Gasteiger partial charge on any atom is 0.292 e. The van der Waals surface area contributed by atoms with Gasteiger partial charge in [0.25, 0.3) is 5.91 Å². The number of thiophene rings is 1. The van der Waals surface area contributed by atoms with Gasteiger partial charge < -0.3 is 0 Å². The number of fused-ring (bicyclic) bond motifs is 2. The minimum absolute atomic E-state index is 0.339. The van der Waals surface area contributed by atoms with Crippen LogP contribution < -0.4 is 5.01 Å². The van der Waals surface area contributed by atoms with E-state index in [-0.39, 0.29) is 11.7 Å². The molecule has 0 saturated heterocycles. The highest BCUT2D eigenvalue weighted by Crippen LogP contribution is 2.38. The standard InChI is InChI=1S/C24H15ClFN3OS2/c1-14-6-11-18-20(12-14)32-24(28-18)29(27-13-15-7-9-16(26)10-8-15)23(30)22-21(25)17-4-2-3-5-19(17)31-22/h2-13H,1H3/b27-13+. The van der Waals surface area contributed by atoms with Crippen LogP contribution in [-0.2, 0) is 0 Å². The molecule has 0 aliphatic heterocycles. The Labute approximate surface area is 196 Å². The maximum absolute atomic E-state index is 13.6. The van der Waals surface area contributed by atoms with Gasteiger partial charge in [-0.3, -0.25) is 4.79 Å². The SMILES string of the molecule is Cc1ccc2nc(N(/N=C/c3ccc(F)cc3)C(=O)c3sc4ccccc4c3Cl)sc2c1. The van der Waals surface area contributed by atoms with Gasteiger partial charge in [-0.05, 0) is 48.4 Å². The van der Waals surface area contributed by atoms with Crippen molar-refractivity contribution in [1.82, 2.24) is 4.98 Å². The number of benzene rings is 3. The van der Waals surface area contributed by atoms with Crippen LogP contribution in [0.4, 0.5) is 9.52 Å². The van der Waals surface area contributed by atoms with Crippen LogP contribution in [0, 0.1) is 12.7 Å². The quantitative estimate of drug-likeness (QED) is 0.200. The van der Waals surface area contributed by atoms with Crippen molar-refractivity contribution < 1.29 is 9.18 Å². The Kier molecular flexibility index (Phi) is 5.46. The molecule has 4 nitrogen and oxygen atoms in total. The van der Waals surface area contributed by atoms with Crippen molar-refractivity contribution >= 4 is 71.8 Å². The van der Waals surface area contributed by atoms with E-state index in [1.165, 1.54) is 46.0 Å². The molecule has 0 atom stereocenters. The zero-order chi connectivity index (χ0) is 22.2. The smallest absolute Gasteiger partial charge is 0.266 e. The molecule has 5 aromatic rings. The molecule has 1 amide bonds. The molecule has 0 unspecified atom stereocenters. The van der Waals surface area contributed by atoms with Crippen LogP contribution in [-0.4, -0.2) is 17.1 Å². The Morgan fingerprint density at radius 2 is 1.84 bits per heavy atom. The van der Waals surface area contributed by atoms with Crippen molar-refractivity contribution in [3.63, 3.8) is 0 Å². The highest BCUT2D eigenvalue weighted by molar-refractivity contribution is 7.23. The minimum atomic E-state index is -0.370. The molecule has 3 aromatic carbocycles. The third-order valence-electron chi connectivity index (χ3n) is 4.83. The fourth-order valence-corrected chi connectivity index (χ4v) is 5.68. The van der Waals surface area contributed by atoms with Gasteiger partial charge in [-0.2, -0.15) is 10.1 Å². The normalized spacial score (nSPS) is 11.6. The third-order valence-corrected chi connectivity index (χ3v) is 7.48. The van der Waals surface area contributed by atoms with Gasteiger partial charge in [0.1, 0.15) is 10.7 Å². The Bertz CT molecular complexity index is 1490. The molecular weight excluding hydrogens is 465 g/mol. The highest BCUT2D eigenvalue weighted by Gasteiger charge is 2.26. The topological polar surface area (TPSA) is 45.6 Å². The van der Waals surface area contributed by atoms with E-state index in [0.717, 1.165) is 25.9 Å². The fraction of sp³-hybridized carbons (Fsp3) is 0.0417. The summed E-state index contributed by atoms with van der Waals surface area (Å²) in [6, 6.07) is 19.4. The van der Waals surface area contributed by atoms with Gasteiger partial charge in [0.15, 0.2) is 0 Å². The average molecular weight is 480 g/mol. The first-order chi connectivity index (χ1) is 15.5. The molecule has 5 rings (SSSR count). The Morgan fingerprint density at radius 1 is 1.06 bits per heavy atom. The molecule has 2 aromatic heterocycles. The monoisotopic (exact) mass is 479 g/mol. The predicted octanol–water partition coefficient (Wildman–Crippen LogP) is 7.29. The van der Waals surface area contributed by atoms with Gasteiger partial charge in [0.2, 0.25) is 5.13 Å². The average Bonchev–Trinajstić information content (AvgIpc) is 3.36. The van der Waals surface area contributed by atoms with Crippen molar-refractivity contribution in [2.75, 3.05) is 5.01 Å². The number of anilines is 1. The number of hydrogen-bond donors (Lipinski definition) is 0. The van der Waals surface area contributed by atoms with E-state index in [2.05, 4.69) is 10.1 Å². The number of aromatic nitrogens is 1. The van der Waals surface area contributed by atoms with E-state index in [4.69, 9.17) is 11.6 Å². The van der Waals surface area contributed by atoms with Crippen molar-refractivity contribution in [1.29, 1.82) is 0 Å². The van der Waals surface area contributed by atoms with Gasteiger partial charge >= 0.3 is 0 Å². The van der Waals surface area contributed by atoms with E-state index in [1.54, 1.807) is 12.1 Å². The van der Waals surface area contributed by atoms with Crippen LogP contribution in [0.25, 0.3) is 20.3 Å². The number of hydrogen-bond acceptors (Lipinski definition) is 5. The summed E-state index contributed by atoms with van der Waals surface area (Å²) in [5.74, 6) is -0.709. The summed E-state index contributed by atoms with van der Waals surface area (Å²) in [5, 5.41) is 7.35. The number of carbonyl (C=O) groups excluding carboxylic acids is 1. The summed E-state index contributed by atoms with van der Waals surface area (Å²) in [4.78, 5) is 18.6. The molecule has 32 heavy (non-hydrogen) atoms. The summed E-state index contributed by atoms with van der Waals surface area (Å²) in [7, 11) is 0. The largest absolute Gasteiger partial charge is 0.292 e. The van der Waals surface area contributed by atoms with Crippen LogP contribution in [0.5, 0.6) is 0 Å². The molecule has 0 aliphatic rings. The first-order valence-electron chi connectivity index (χ1n) is 9.68. The summed E-state index contributed by atoms with van der Waals surface area (Å²) in [6.45, 7) is 2.01. The van der Waals surface area contributed by atoms with Gasteiger partial charge in [0.05, 0.1) is 21.5 Å². The lowest BCUT2D eigenvalue weighted by atomic mass is 10.2. The maximum atomic E-state index is 13.6. The predicted molar refractivity (Wildman–Crippen MR) is 132 cm³/mol. The molecule has 0 N–H and O–H groups in total. The molecule has 158 valence electrons. The van der Waals surface area contributed by atoms with E-state index >= 15 is 0 Å². The number of amides is 1. The molecule has 0 aliphatic carbocycles. The van der Waals surface area contributed by atoms with Crippen LogP contribution in [0.2, 0.25) is 5.02 Å². The Hall–Kier alpha value is -3.13. The number of nitrogens with zero attached hydrogens (tertiary/aromatic N) is 3. The van der Waals surface area contributed by atoms with E-state index in [0.29, 0.717) is 20.6 Å². The summed E-state index contributed by atoms with van der Waals surface area (Å²) >= 11 is 9.26. The number of aryl methyl sites for hydroxylation is 1. The fourth-order valence-electron chi connectivity index (χ4n) is 3.22. The Morgan fingerprint density at radius 3 is 2.62 bits per heavy atom. The molecular formula is C24H15ClFN3OS2.